The van der Waals surface area contributed by atoms with Gasteiger partial charge >= 0.3 is 0 Å². The van der Waals surface area contributed by atoms with E-state index in [-0.39, 0.29) is 17.8 Å². The molecule has 2 aliphatic heterocycles. The van der Waals surface area contributed by atoms with E-state index in [9.17, 15) is 4.79 Å². The first-order valence-electron chi connectivity index (χ1n) is 11.9. The van der Waals surface area contributed by atoms with Crippen molar-refractivity contribution in [1.82, 2.24) is 20.1 Å². The molecule has 0 saturated carbocycles. The predicted molar refractivity (Wildman–Crippen MR) is 134 cm³/mol. The van der Waals surface area contributed by atoms with E-state index in [0.717, 1.165) is 36.9 Å². The number of ether oxygens (including phenoxy) is 3. The van der Waals surface area contributed by atoms with Crippen molar-refractivity contribution in [2.24, 2.45) is 0 Å². The van der Waals surface area contributed by atoms with Crippen molar-refractivity contribution in [3.05, 3.63) is 54.1 Å². The number of carbonyl (C=O) groups is 1. The van der Waals surface area contributed by atoms with E-state index < -0.39 is 0 Å². The van der Waals surface area contributed by atoms with Crippen LogP contribution in [0.15, 0.2) is 53.7 Å². The quantitative estimate of drug-likeness (QED) is 0.477. The normalized spacial score (nSPS) is 17.3. The molecule has 1 atom stereocenters. The number of benzene rings is 2. The predicted octanol–water partition coefficient (Wildman–Crippen LogP) is 2.71. The van der Waals surface area contributed by atoms with Gasteiger partial charge in [-0.25, -0.2) is 0 Å². The first kappa shape index (κ1) is 23.5. The fourth-order valence-corrected chi connectivity index (χ4v) is 4.91. The number of hydrogen-bond donors (Lipinski definition) is 1. The van der Waals surface area contributed by atoms with Crippen LogP contribution in [0.25, 0.3) is 5.69 Å². The molecule has 9 nitrogen and oxygen atoms in total. The minimum atomic E-state index is -0.230. The van der Waals surface area contributed by atoms with Gasteiger partial charge in [-0.3, -0.25) is 9.36 Å². The highest BCUT2D eigenvalue weighted by Gasteiger charge is 2.24. The number of thioether (sulfide) groups is 1. The van der Waals surface area contributed by atoms with Gasteiger partial charge in [-0.15, -0.1) is 10.2 Å². The van der Waals surface area contributed by atoms with Crippen LogP contribution >= 0.6 is 11.8 Å². The average molecular weight is 496 g/mol. The Labute approximate surface area is 208 Å². The SMILES string of the molecule is CCc1ccccc1-n1c(SCC(=O)NC[C@H]2COc3ccccc3O2)nnc1N1CCOCC1. The topological polar surface area (TPSA) is 90.7 Å². The Morgan fingerprint density at radius 1 is 1.09 bits per heavy atom. The van der Waals surface area contributed by atoms with Crippen LogP contribution in [0.2, 0.25) is 0 Å². The maximum Gasteiger partial charge on any atom is 0.232 e. The standard InChI is InChI=1S/C25H29N5O4S/c1-2-18-7-3-4-8-20(18)30-24(29-11-13-32-14-12-29)27-28-25(30)35-17-23(31)26-15-19-16-33-21-9-5-6-10-22(21)34-19/h3-10,19H,2,11-17H2,1H3,(H,26,31)/t19-/m0/s1. The molecule has 10 heteroatoms. The van der Waals surface area contributed by atoms with Gasteiger partial charge in [-0.05, 0) is 30.2 Å². The zero-order chi connectivity index (χ0) is 24.0. The molecule has 184 valence electrons. The van der Waals surface area contributed by atoms with Gasteiger partial charge < -0.3 is 24.4 Å². The van der Waals surface area contributed by atoms with Crippen LogP contribution < -0.4 is 19.7 Å². The summed E-state index contributed by atoms with van der Waals surface area (Å²) in [6, 6.07) is 15.8. The van der Waals surface area contributed by atoms with Crippen molar-refractivity contribution in [3.63, 3.8) is 0 Å². The summed E-state index contributed by atoms with van der Waals surface area (Å²) in [6.45, 7) is 5.73. The van der Waals surface area contributed by atoms with Gasteiger partial charge in [-0.2, -0.15) is 0 Å². The Bertz CT molecular complexity index is 1160. The summed E-state index contributed by atoms with van der Waals surface area (Å²) in [7, 11) is 0. The summed E-state index contributed by atoms with van der Waals surface area (Å²) in [5.41, 5.74) is 2.23. The van der Waals surface area contributed by atoms with E-state index in [1.807, 2.05) is 36.4 Å². The third-order valence-corrected chi connectivity index (χ3v) is 6.88. The monoisotopic (exact) mass is 495 g/mol. The summed E-state index contributed by atoms with van der Waals surface area (Å²) >= 11 is 1.38. The zero-order valence-corrected chi connectivity index (χ0v) is 20.5. The number of nitrogens with zero attached hydrogens (tertiary/aromatic N) is 4. The largest absolute Gasteiger partial charge is 0.486 e. The summed E-state index contributed by atoms with van der Waals surface area (Å²) in [5, 5.41) is 12.6. The van der Waals surface area contributed by atoms with E-state index in [0.29, 0.717) is 37.3 Å². The summed E-state index contributed by atoms with van der Waals surface area (Å²) in [4.78, 5) is 14.9. The lowest BCUT2D eigenvalue weighted by Crippen LogP contribution is -2.41. The highest BCUT2D eigenvalue weighted by molar-refractivity contribution is 7.99. The first-order valence-corrected chi connectivity index (χ1v) is 12.9. The third kappa shape index (κ3) is 5.38. The van der Waals surface area contributed by atoms with E-state index in [1.165, 1.54) is 17.3 Å². The van der Waals surface area contributed by atoms with Crippen LogP contribution in [-0.4, -0.2) is 72.0 Å². The summed E-state index contributed by atoms with van der Waals surface area (Å²) in [6.07, 6.45) is 0.653. The lowest BCUT2D eigenvalue weighted by atomic mass is 10.1. The Hall–Kier alpha value is -3.24. The van der Waals surface area contributed by atoms with Crippen LogP contribution in [0.1, 0.15) is 12.5 Å². The number of para-hydroxylation sites is 3. The molecule has 3 aromatic rings. The molecule has 0 radical (unpaired) electrons. The number of amides is 1. The number of morpholine rings is 1. The fourth-order valence-electron chi connectivity index (χ4n) is 4.14. The van der Waals surface area contributed by atoms with Crippen LogP contribution in [0, 0.1) is 0 Å². The van der Waals surface area contributed by atoms with Crippen LogP contribution in [0.3, 0.4) is 0 Å². The lowest BCUT2D eigenvalue weighted by molar-refractivity contribution is -0.119. The number of hydrogen-bond acceptors (Lipinski definition) is 8. The minimum absolute atomic E-state index is 0.0938. The number of anilines is 1. The second kappa shape index (κ2) is 11.0. The van der Waals surface area contributed by atoms with Gasteiger partial charge in [0, 0.05) is 13.1 Å². The maximum absolute atomic E-state index is 12.7. The third-order valence-electron chi connectivity index (χ3n) is 5.95. The molecule has 35 heavy (non-hydrogen) atoms. The average Bonchev–Trinajstić information content (AvgIpc) is 3.34. The first-order chi connectivity index (χ1) is 17.2. The molecule has 0 bridgehead atoms. The Kier molecular flexibility index (Phi) is 7.39. The molecule has 2 aromatic carbocycles. The van der Waals surface area contributed by atoms with Crippen molar-refractivity contribution in [2.45, 2.75) is 24.6 Å². The number of fused-ring (bicyclic) bond motifs is 1. The van der Waals surface area contributed by atoms with Crippen molar-refractivity contribution >= 4 is 23.6 Å². The minimum Gasteiger partial charge on any atom is -0.486 e. The van der Waals surface area contributed by atoms with Crippen LogP contribution in [0.5, 0.6) is 11.5 Å². The molecule has 0 unspecified atom stereocenters. The molecule has 1 amide bonds. The van der Waals surface area contributed by atoms with Gasteiger partial charge in [0.2, 0.25) is 11.9 Å². The molecule has 1 fully saturated rings. The van der Waals surface area contributed by atoms with Crippen molar-refractivity contribution in [2.75, 3.05) is 50.1 Å². The second-order valence-electron chi connectivity index (χ2n) is 8.29. The summed E-state index contributed by atoms with van der Waals surface area (Å²) < 4.78 is 19.2. The van der Waals surface area contributed by atoms with Gasteiger partial charge in [-0.1, -0.05) is 49.0 Å². The Balaban J connectivity index is 1.26. The number of rotatable bonds is 8. The van der Waals surface area contributed by atoms with Gasteiger partial charge in [0.05, 0.1) is 31.2 Å². The van der Waals surface area contributed by atoms with Gasteiger partial charge in [0.1, 0.15) is 12.7 Å². The lowest BCUT2D eigenvalue weighted by Gasteiger charge is -2.28. The van der Waals surface area contributed by atoms with Crippen molar-refractivity contribution in [1.29, 1.82) is 0 Å². The molecule has 1 aromatic heterocycles. The van der Waals surface area contributed by atoms with E-state index in [4.69, 9.17) is 14.2 Å². The zero-order valence-electron chi connectivity index (χ0n) is 19.7. The number of aryl methyl sites for hydroxylation is 1. The Morgan fingerprint density at radius 3 is 2.69 bits per heavy atom. The second-order valence-corrected chi connectivity index (χ2v) is 9.23. The van der Waals surface area contributed by atoms with Crippen LogP contribution in [-0.2, 0) is 16.0 Å². The number of carbonyl (C=O) groups excluding carboxylic acids is 1. The molecule has 2 aliphatic rings. The molecule has 0 spiro atoms. The molecule has 0 aliphatic carbocycles. The van der Waals surface area contributed by atoms with Gasteiger partial charge in [0.25, 0.3) is 0 Å². The smallest absolute Gasteiger partial charge is 0.232 e. The molecule has 3 heterocycles. The molecule has 1 saturated heterocycles. The fraction of sp³-hybridized carbons (Fsp3) is 0.400. The highest BCUT2D eigenvalue weighted by Crippen LogP contribution is 2.31. The van der Waals surface area contributed by atoms with E-state index in [1.54, 1.807) is 0 Å². The maximum atomic E-state index is 12.7. The van der Waals surface area contributed by atoms with E-state index in [2.05, 4.69) is 44.0 Å². The van der Waals surface area contributed by atoms with Crippen molar-refractivity contribution < 1.29 is 19.0 Å². The molecule has 5 rings (SSSR count). The van der Waals surface area contributed by atoms with Crippen molar-refractivity contribution in [3.8, 4) is 17.2 Å². The Morgan fingerprint density at radius 2 is 1.86 bits per heavy atom. The van der Waals surface area contributed by atoms with E-state index >= 15 is 0 Å². The molecule has 1 N–H and O–H groups in total. The number of aromatic nitrogens is 3. The highest BCUT2D eigenvalue weighted by atomic mass is 32.2. The van der Waals surface area contributed by atoms with Crippen LogP contribution in [0.4, 0.5) is 5.95 Å². The van der Waals surface area contributed by atoms with Gasteiger partial charge in [0.15, 0.2) is 16.7 Å². The summed E-state index contributed by atoms with van der Waals surface area (Å²) in [5.74, 6) is 2.34. The number of nitrogens with one attached hydrogen (secondary N) is 1. The molecular weight excluding hydrogens is 466 g/mol. The molecular formula is C25H29N5O4S.